The molecular formula is C48H62N8O4. The van der Waals surface area contributed by atoms with Gasteiger partial charge in [0, 0.05) is 79.1 Å². The number of aromatic nitrogens is 3. The van der Waals surface area contributed by atoms with E-state index < -0.39 is 0 Å². The first kappa shape index (κ1) is 40.4. The summed E-state index contributed by atoms with van der Waals surface area (Å²) in [6.07, 6.45) is 18.5. The Morgan fingerprint density at radius 1 is 0.850 bits per heavy atom. The number of carbonyl (C=O) groups is 2. The van der Waals surface area contributed by atoms with Crippen LogP contribution in [0.4, 0.5) is 23.0 Å². The van der Waals surface area contributed by atoms with Gasteiger partial charge in [-0.05, 0) is 131 Å². The van der Waals surface area contributed by atoms with Crippen molar-refractivity contribution in [1.82, 2.24) is 24.8 Å². The summed E-state index contributed by atoms with van der Waals surface area (Å²) in [4.78, 5) is 53.6. The number of anilines is 4. The number of amides is 2. The number of aryl methyl sites for hydroxylation is 1. The second-order valence-corrected chi connectivity index (χ2v) is 18.7. The van der Waals surface area contributed by atoms with Gasteiger partial charge >= 0.3 is 0 Å². The summed E-state index contributed by atoms with van der Waals surface area (Å²) in [5.74, 6) is 3.95. The number of carbonyl (C=O) groups excluding carboxylic acids is 2. The van der Waals surface area contributed by atoms with Crippen molar-refractivity contribution in [3.8, 4) is 11.4 Å². The van der Waals surface area contributed by atoms with E-state index in [0.717, 1.165) is 118 Å². The van der Waals surface area contributed by atoms with E-state index in [1.807, 2.05) is 37.3 Å². The molecule has 4 bridgehead atoms. The second-order valence-electron chi connectivity index (χ2n) is 18.7. The van der Waals surface area contributed by atoms with Gasteiger partial charge in [-0.1, -0.05) is 31.7 Å². The van der Waals surface area contributed by atoms with E-state index in [4.69, 9.17) is 9.72 Å². The van der Waals surface area contributed by atoms with Gasteiger partial charge in [-0.15, -0.1) is 0 Å². The maximum absolute atomic E-state index is 13.4. The fraction of sp³-hybridized carbons (Fsp3) is 0.562. The molecule has 10 rings (SSSR count). The smallest absolute Gasteiger partial charge is 0.257 e. The van der Waals surface area contributed by atoms with E-state index >= 15 is 0 Å². The minimum atomic E-state index is -0.215. The van der Waals surface area contributed by atoms with Crippen LogP contribution >= 0.6 is 0 Å². The van der Waals surface area contributed by atoms with Crippen LogP contribution in [0.5, 0.6) is 5.75 Å². The number of nitrogens with zero attached hydrogens (tertiary/aromatic N) is 5. The number of ether oxygens (including phenoxy) is 1. The lowest BCUT2D eigenvalue weighted by Crippen LogP contribution is -2.53. The molecule has 60 heavy (non-hydrogen) atoms. The Morgan fingerprint density at radius 3 is 2.28 bits per heavy atom. The topological polar surface area (TPSA) is 134 Å². The van der Waals surface area contributed by atoms with Crippen LogP contribution < -0.4 is 31.1 Å². The molecule has 1 saturated heterocycles. The van der Waals surface area contributed by atoms with Crippen molar-refractivity contribution in [2.75, 3.05) is 61.9 Å². The molecule has 5 saturated carbocycles. The SMILES string of the molecule is COc1cc(N2CCN(CCCCCCCCNC(=O)C34CC5CC(CC(C5)C3)C4)CC2)ccc1Nc1ncc2c(C)cc(=O)n(-c3cccc(NC(=O)C4CC4)c3)c2n1. The van der Waals surface area contributed by atoms with Crippen LogP contribution in [0, 0.1) is 36.0 Å². The Labute approximate surface area is 353 Å². The molecular weight excluding hydrogens is 753 g/mol. The highest BCUT2D eigenvalue weighted by molar-refractivity contribution is 5.94. The standard InChI is InChI=1S/C48H62N8O4/c1-32-22-43(57)56(39-11-9-10-37(26-39)51-45(58)36-12-13-36)44-40(32)31-50-47(53-44)52-41-15-14-38(27-42(41)60-2)55-20-18-54(19-21-55)17-8-6-4-3-5-7-16-49-46(59)48-28-33-23-34(29-48)25-35(24-33)30-48/h9-11,14-15,22,26-27,31,33-36H,3-8,12-13,16-21,23-25,28-30H2,1-2H3,(H,49,59)(H,51,58)(H,50,52,53). The Morgan fingerprint density at radius 2 is 1.57 bits per heavy atom. The molecule has 318 valence electrons. The zero-order valence-electron chi connectivity index (χ0n) is 35.5. The van der Waals surface area contributed by atoms with E-state index in [1.165, 1.54) is 51.4 Å². The molecule has 4 aromatic rings. The molecule has 2 aromatic heterocycles. The molecule has 5 aliphatic carbocycles. The van der Waals surface area contributed by atoms with Crippen LogP contribution in [0.25, 0.3) is 16.7 Å². The van der Waals surface area contributed by atoms with Crippen molar-refractivity contribution in [3.63, 3.8) is 0 Å². The highest BCUT2D eigenvalue weighted by atomic mass is 16.5. The van der Waals surface area contributed by atoms with Gasteiger partial charge < -0.3 is 25.6 Å². The molecule has 2 amide bonds. The van der Waals surface area contributed by atoms with Crippen molar-refractivity contribution in [2.24, 2.45) is 29.1 Å². The Hall–Kier alpha value is -4.97. The van der Waals surface area contributed by atoms with Gasteiger partial charge in [-0.25, -0.2) is 4.98 Å². The normalized spacial score (nSPS) is 23.5. The van der Waals surface area contributed by atoms with Crippen LogP contribution in [-0.2, 0) is 9.59 Å². The van der Waals surface area contributed by atoms with E-state index in [-0.39, 0.29) is 22.8 Å². The lowest BCUT2D eigenvalue weighted by molar-refractivity contribution is -0.146. The molecule has 0 spiro atoms. The Balaban J connectivity index is 0.728. The number of piperazine rings is 1. The first-order valence-electron chi connectivity index (χ1n) is 22.7. The second kappa shape index (κ2) is 17.6. The van der Waals surface area contributed by atoms with Crippen molar-refractivity contribution in [3.05, 3.63) is 70.6 Å². The fourth-order valence-electron chi connectivity index (χ4n) is 11.2. The van der Waals surface area contributed by atoms with E-state index in [9.17, 15) is 14.4 Å². The molecule has 0 unspecified atom stereocenters. The van der Waals surface area contributed by atoms with Crippen LogP contribution in [0.2, 0.25) is 0 Å². The van der Waals surface area contributed by atoms with Crippen molar-refractivity contribution in [2.45, 2.75) is 96.8 Å². The average molecular weight is 815 g/mol. The molecule has 3 N–H and O–H groups in total. The monoisotopic (exact) mass is 814 g/mol. The van der Waals surface area contributed by atoms with E-state index in [2.05, 4.69) is 42.9 Å². The first-order valence-corrected chi connectivity index (χ1v) is 22.7. The predicted octanol–water partition coefficient (Wildman–Crippen LogP) is 7.99. The lowest BCUT2D eigenvalue weighted by Gasteiger charge is -2.55. The number of methoxy groups -OCH3 is 1. The Bertz CT molecular complexity index is 2230. The third-order valence-corrected chi connectivity index (χ3v) is 14.2. The number of nitrogens with one attached hydrogen (secondary N) is 3. The number of hydrogen-bond acceptors (Lipinski definition) is 9. The predicted molar refractivity (Wildman–Crippen MR) is 237 cm³/mol. The number of pyridine rings is 1. The quantitative estimate of drug-likeness (QED) is 0.0908. The number of rotatable bonds is 17. The molecule has 6 fully saturated rings. The van der Waals surface area contributed by atoms with Gasteiger partial charge in [-0.2, -0.15) is 4.98 Å². The zero-order chi connectivity index (χ0) is 41.2. The van der Waals surface area contributed by atoms with Crippen molar-refractivity contribution < 1.29 is 14.3 Å². The molecule has 12 heteroatoms. The largest absolute Gasteiger partial charge is 0.494 e. The Kier molecular flexibility index (Phi) is 11.8. The van der Waals surface area contributed by atoms with Gasteiger partial charge in [0.15, 0.2) is 5.65 Å². The minimum Gasteiger partial charge on any atom is -0.494 e. The molecule has 0 atom stereocenters. The third-order valence-electron chi connectivity index (χ3n) is 14.2. The van der Waals surface area contributed by atoms with Crippen LogP contribution in [0.15, 0.2) is 59.5 Å². The highest BCUT2D eigenvalue weighted by Crippen LogP contribution is 2.60. The minimum absolute atomic E-state index is 0.0123. The summed E-state index contributed by atoms with van der Waals surface area (Å²) in [5, 5.41) is 10.4. The molecule has 2 aromatic carbocycles. The van der Waals surface area contributed by atoms with E-state index in [1.54, 1.807) is 23.9 Å². The summed E-state index contributed by atoms with van der Waals surface area (Å²) in [5.41, 5.74) is 4.13. The summed E-state index contributed by atoms with van der Waals surface area (Å²) in [7, 11) is 1.67. The summed E-state index contributed by atoms with van der Waals surface area (Å²) >= 11 is 0. The van der Waals surface area contributed by atoms with Crippen LogP contribution in [0.1, 0.15) is 95.5 Å². The molecule has 0 radical (unpaired) electrons. The van der Waals surface area contributed by atoms with Crippen LogP contribution in [0.3, 0.4) is 0 Å². The van der Waals surface area contributed by atoms with Gasteiger partial charge in [0.2, 0.25) is 17.8 Å². The average Bonchev–Trinajstić information content (AvgIpc) is 4.09. The first-order chi connectivity index (χ1) is 29.2. The molecule has 3 heterocycles. The van der Waals surface area contributed by atoms with Crippen LogP contribution in [-0.4, -0.2) is 77.6 Å². The maximum Gasteiger partial charge on any atom is 0.257 e. The van der Waals surface area contributed by atoms with Crippen molar-refractivity contribution >= 4 is 45.9 Å². The third kappa shape index (κ3) is 8.90. The highest BCUT2D eigenvalue weighted by Gasteiger charge is 2.54. The van der Waals surface area contributed by atoms with Crippen molar-refractivity contribution in [1.29, 1.82) is 0 Å². The zero-order valence-corrected chi connectivity index (χ0v) is 35.5. The maximum atomic E-state index is 13.4. The number of unbranched alkanes of at least 4 members (excludes halogenated alkanes) is 5. The van der Waals surface area contributed by atoms with Gasteiger partial charge in [0.05, 0.1) is 18.5 Å². The van der Waals surface area contributed by atoms with Gasteiger partial charge in [0.1, 0.15) is 5.75 Å². The fourth-order valence-corrected chi connectivity index (χ4v) is 11.2. The van der Waals surface area contributed by atoms with Gasteiger partial charge in [0.25, 0.3) is 5.56 Å². The van der Waals surface area contributed by atoms with E-state index in [0.29, 0.717) is 34.6 Å². The lowest BCUT2D eigenvalue weighted by atomic mass is 9.49. The summed E-state index contributed by atoms with van der Waals surface area (Å²) < 4.78 is 7.42. The molecule has 12 nitrogen and oxygen atoms in total. The van der Waals surface area contributed by atoms with Gasteiger partial charge in [-0.3, -0.25) is 23.9 Å². The molecule has 6 aliphatic rings. The molecule has 1 aliphatic heterocycles. The summed E-state index contributed by atoms with van der Waals surface area (Å²) in [6.45, 7) is 7.86. The number of hydrogen-bond donors (Lipinski definition) is 3. The number of benzene rings is 2. The summed E-state index contributed by atoms with van der Waals surface area (Å²) in [6, 6.07) is 15.1. The number of fused-ring (bicyclic) bond motifs is 1.